The molecule has 4 heteroatoms. The normalized spacial score (nSPS) is 11.8. The van der Waals surface area contributed by atoms with Gasteiger partial charge in [-0.2, -0.15) is 0 Å². The maximum Gasteiger partial charge on any atom is 0.333 e. The Balaban J connectivity index is 1.62. The molecular formula is C28H26O4. The molecule has 0 fully saturated rings. The number of esters is 1. The topological polar surface area (TPSA) is 44.8 Å². The molecule has 0 saturated heterocycles. The lowest BCUT2D eigenvalue weighted by Gasteiger charge is -2.21. The van der Waals surface area contributed by atoms with Crippen LogP contribution in [0, 0.1) is 6.92 Å². The number of para-hydroxylation sites is 1. The maximum absolute atomic E-state index is 12.2. The van der Waals surface area contributed by atoms with Crippen LogP contribution in [0.25, 0.3) is 21.5 Å². The SMILES string of the molecule is C=C(C)C(=O)OC(COc1ccccc1)COc1c2ccccc2cc2ccc(C)cc12. The van der Waals surface area contributed by atoms with E-state index in [2.05, 4.69) is 43.8 Å². The second-order valence-electron chi connectivity index (χ2n) is 7.89. The molecule has 4 aromatic rings. The molecule has 0 spiro atoms. The number of rotatable bonds is 8. The fraction of sp³-hybridized carbons (Fsp3) is 0.179. The van der Waals surface area contributed by atoms with Gasteiger partial charge in [-0.1, -0.05) is 66.7 Å². The van der Waals surface area contributed by atoms with Crippen LogP contribution >= 0.6 is 0 Å². The van der Waals surface area contributed by atoms with E-state index in [4.69, 9.17) is 14.2 Å². The second kappa shape index (κ2) is 9.56. The van der Waals surface area contributed by atoms with Gasteiger partial charge in [0, 0.05) is 16.3 Å². The second-order valence-corrected chi connectivity index (χ2v) is 7.89. The van der Waals surface area contributed by atoms with Crippen LogP contribution in [0.1, 0.15) is 12.5 Å². The fourth-order valence-corrected chi connectivity index (χ4v) is 3.54. The monoisotopic (exact) mass is 426 g/mol. The molecule has 0 aliphatic heterocycles. The van der Waals surface area contributed by atoms with Crippen molar-refractivity contribution in [2.75, 3.05) is 13.2 Å². The number of benzene rings is 4. The zero-order valence-electron chi connectivity index (χ0n) is 18.3. The molecule has 0 aromatic heterocycles. The zero-order chi connectivity index (χ0) is 22.5. The number of hydrogen-bond acceptors (Lipinski definition) is 4. The van der Waals surface area contributed by atoms with Crippen molar-refractivity contribution in [3.8, 4) is 11.5 Å². The molecule has 0 aliphatic carbocycles. The fourth-order valence-electron chi connectivity index (χ4n) is 3.54. The first-order valence-electron chi connectivity index (χ1n) is 10.6. The predicted octanol–water partition coefficient (Wildman–Crippen LogP) is 6.25. The van der Waals surface area contributed by atoms with Gasteiger partial charge in [-0.25, -0.2) is 4.79 Å². The third kappa shape index (κ3) is 4.92. The lowest BCUT2D eigenvalue weighted by molar-refractivity contribution is -0.147. The number of ether oxygens (including phenoxy) is 3. The molecule has 0 amide bonds. The van der Waals surface area contributed by atoms with Gasteiger partial charge in [0.15, 0.2) is 6.10 Å². The highest BCUT2D eigenvalue weighted by Gasteiger charge is 2.19. The van der Waals surface area contributed by atoms with Crippen molar-refractivity contribution in [3.05, 3.63) is 96.6 Å². The Labute approximate surface area is 188 Å². The summed E-state index contributed by atoms with van der Waals surface area (Å²) in [5, 5.41) is 4.23. The zero-order valence-corrected chi connectivity index (χ0v) is 18.3. The lowest BCUT2D eigenvalue weighted by Crippen LogP contribution is -2.31. The Bertz CT molecular complexity index is 1260. The summed E-state index contributed by atoms with van der Waals surface area (Å²) in [4.78, 5) is 12.2. The van der Waals surface area contributed by atoms with Gasteiger partial charge in [0.05, 0.1) is 0 Å². The molecule has 0 heterocycles. The van der Waals surface area contributed by atoms with Crippen molar-refractivity contribution >= 4 is 27.5 Å². The van der Waals surface area contributed by atoms with Gasteiger partial charge in [-0.05, 0) is 48.9 Å². The van der Waals surface area contributed by atoms with Crippen LogP contribution in [0.15, 0.2) is 91.0 Å². The van der Waals surface area contributed by atoms with E-state index in [-0.39, 0.29) is 13.2 Å². The minimum absolute atomic E-state index is 0.156. The quantitative estimate of drug-likeness (QED) is 0.190. The summed E-state index contributed by atoms with van der Waals surface area (Å²) in [5.74, 6) is 1.02. The van der Waals surface area contributed by atoms with Crippen LogP contribution in [-0.2, 0) is 9.53 Å². The van der Waals surface area contributed by atoms with Crippen LogP contribution in [-0.4, -0.2) is 25.3 Å². The average Bonchev–Trinajstić information content (AvgIpc) is 2.80. The van der Waals surface area contributed by atoms with E-state index in [0.717, 1.165) is 32.9 Å². The third-order valence-electron chi connectivity index (χ3n) is 5.18. The predicted molar refractivity (Wildman–Crippen MR) is 128 cm³/mol. The largest absolute Gasteiger partial charge is 0.490 e. The van der Waals surface area contributed by atoms with E-state index in [9.17, 15) is 4.79 Å². The lowest BCUT2D eigenvalue weighted by atomic mass is 10.0. The molecule has 32 heavy (non-hydrogen) atoms. The van der Waals surface area contributed by atoms with Crippen molar-refractivity contribution in [2.24, 2.45) is 0 Å². The number of carbonyl (C=O) groups excluding carboxylic acids is 1. The molecule has 0 bridgehead atoms. The Morgan fingerprint density at radius 3 is 2.31 bits per heavy atom. The highest BCUT2D eigenvalue weighted by atomic mass is 16.6. The van der Waals surface area contributed by atoms with E-state index >= 15 is 0 Å². The van der Waals surface area contributed by atoms with Crippen molar-refractivity contribution in [2.45, 2.75) is 20.0 Å². The van der Waals surface area contributed by atoms with Crippen LogP contribution < -0.4 is 9.47 Å². The molecule has 4 aromatic carbocycles. The van der Waals surface area contributed by atoms with Gasteiger partial charge in [-0.15, -0.1) is 0 Å². The molecule has 0 aliphatic rings. The Hall–Kier alpha value is -3.79. The first kappa shape index (κ1) is 21.4. The summed E-state index contributed by atoms with van der Waals surface area (Å²) in [6, 6.07) is 26.0. The van der Waals surface area contributed by atoms with Crippen LogP contribution in [0.5, 0.6) is 11.5 Å². The van der Waals surface area contributed by atoms with Crippen molar-refractivity contribution < 1.29 is 19.0 Å². The molecule has 4 rings (SSSR count). The van der Waals surface area contributed by atoms with Gasteiger partial charge in [0.25, 0.3) is 0 Å². The van der Waals surface area contributed by atoms with Gasteiger partial charge < -0.3 is 14.2 Å². The average molecular weight is 427 g/mol. The number of carbonyl (C=O) groups is 1. The van der Waals surface area contributed by atoms with E-state index < -0.39 is 12.1 Å². The minimum Gasteiger partial charge on any atom is -0.490 e. The number of aryl methyl sites for hydroxylation is 1. The number of fused-ring (bicyclic) bond motifs is 2. The molecule has 162 valence electrons. The summed E-state index contributed by atoms with van der Waals surface area (Å²) in [5.41, 5.74) is 1.48. The van der Waals surface area contributed by atoms with E-state index in [1.807, 2.05) is 48.5 Å². The summed E-state index contributed by atoms with van der Waals surface area (Å²) < 4.78 is 17.8. The van der Waals surface area contributed by atoms with Gasteiger partial charge >= 0.3 is 5.97 Å². The van der Waals surface area contributed by atoms with Crippen molar-refractivity contribution in [3.63, 3.8) is 0 Å². The third-order valence-corrected chi connectivity index (χ3v) is 5.18. The van der Waals surface area contributed by atoms with E-state index in [1.54, 1.807) is 6.92 Å². The van der Waals surface area contributed by atoms with Gasteiger partial charge in [0.1, 0.15) is 24.7 Å². The summed E-state index contributed by atoms with van der Waals surface area (Å²) in [6.07, 6.45) is -0.599. The number of hydrogen-bond donors (Lipinski definition) is 0. The summed E-state index contributed by atoms with van der Waals surface area (Å²) in [7, 11) is 0. The standard InChI is InChI=1S/C28H26O4/c1-19(2)28(29)32-24(17-30-23-10-5-4-6-11-23)18-31-27-25-12-8-7-9-21(25)16-22-14-13-20(3)15-26(22)27/h4-16,24H,1,17-18H2,2-3H3. The van der Waals surface area contributed by atoms with Gasteiger partial charge in [-0.3, -0.25) is 0 Å². The Morgan fingerprint density at radius 2 is 1.53 bits per heavy atom. The molecule has 0 saturated carbocycles. The smallest absolute Gasteiger partial charge is 0.333 e. The summed E-state index contributed by atoms with van der Waals surface area (Å²) in [6.45, 7) is 7.69. The molecular weight excluding hydrogens is 400 g/mol. The Kier molecular flexibility index (Phi) is 6.41. The maximum atomic E-state index is 12.2. The van der Waals surface area contributed by atoms with E-state index in [1.165, 1.54) is 0 Å². The highest BCUT2D eigenvalue weighted by molar-refractivity contribution is 6.05. The highest BCUT2D eigenvalue weighted by Crippen LogP contribution is 2.35. The van der Waals surface area contributed by atoms with E-state index in [0.29, 0.717) is 11.3 Å². The first-order valence-corrected chi connectivity index (χ1v) is 10.6. The molecule has 1 atom stereocenters. The molecule has 0 N–H and O–H groups in total. The van der Waals surface area contributed by atoms with Crippen molar-refractivity contribution in [1.82, 2.24) is 0 Å². The Morgan fingerprint density at radius 1 is 0.844 bits per heavy atom. The van der Waals surface area contributed by atoms with Gasteiger partial charge in [0.2, 0.25) is 0 Å². The van der Waals surface area contributed by atoms with Crippen LogP contribution in [0.4, 0.5) is 0 Å². The summed E-state index contributed by atoms with van der Waals surface area (Å²) >= 11 is 0. The van der Waals surface area contributed by atoms with Crippen molar-refractivity contribution in [1.29, 1.82) is 0 Å². The molecule has 4 nitrogen and oxygen atoms in total. The minimum atomic E-state index is -0.599. The van der Waals surface area contributed by atoms with Crippen LogP contribution in [0.2, 0.25) is 0 Å². The van der Waals surface area contributed by atoms with Crippen LogP contribution in [0.3, 0.4) is 0 Å². The molecule has 1 unspecified atom stereocenters. The molecule has 0 radical (unpaired) electrons. The first-order chi connectivity index (χ1) is 15.5.